The van der Waals surface area contributed by atoms with Crippen LogP contribution in [0, 0.1) is 0 Å². The first-order valence-corrected chi connectivity index (χ1v) is 9.96. The Morgan fingerprint density at radius 1 is 0.935 bits per heavy atom. The van der Waals surface area contributed by atoms with Crippen LogP contribution in [0.5, 0.6) is 0 Å². The van der Waals surface area contributed by atoms with Crippen molar-refractivity contribution in [2.75, 3.05) is 0 Å². The van der Waals surface area contributed by atoms with Gasteiger partial charge in [-0.1, -0.05) is 71.2 Å². The fraction of sp³-hybridized carbons (Fsp3) is 0.286. The van der Waals surface area contributed by atoms with E-state index in [1.54, 1.807) is 12.1 Å². The quantitative estimate of drug-likeness (QED) is 0.274. The molecule has 0 N–H and O–H groups in total. The van der Waals surface area contributed by atoms with Crippen LogP contribution in [0.15, 0.2) is 42.5 Å². The largest absolute Gasteiger partial charge is 0.399 e. The summed E-state index contributed by atoms with van der Waals surface area (Å²) in [6.45, 7) is 0. The smallest absolute Gasteiger partial charge is 0.299 e. The summed E-state index contributed by atoms with van der Waals surface area (Å²) in [5.74, 6) is -2.91. The van der Waals surface area contributed by atoms with E-state index in [4.69, 9.17) is 34.8 Å². The first kappa shape index (κ1) is 25.6. The summed E-state index contributed by atoms with van der Waals surface area (Å²) in [4.78, 5) is 11.3. The van der Waals surface area contributed by atoms with Gasteiger partial charge in [0, 0.05) is 6.42 Å². The maximum Gasteiger partial charge on any atom is 0.399 e. The van der Waals surface area contributed by atoms with E-state index in [9.17, 15) is 31.1 Å². The number of Topliss-reactive ketones (excluding diaryl/α,β-unsaturated/α-hetero) is 1. The van der Waals surface area contributed by atoms with Crippen LogP contribution in [-0.4, -0.2) is 18.1 Å². The van der Waals surface area contributed by atoms with Crippen molar-refractivity contribution in [1.82, 2.24) is 0 Å². The minimum Gasteiger partial charge on any atom is -0.299 e. The fourth-order valence-corrected chi connectivity index (χ4v) is 3.38. The molecule has 1 nitrogen and oxygen atoms in total. The lowest BCUT2D eigenvalue weighted by atomic mass is 9.96. The van der Waals surface area contributed by atoms with Crippen molar-refractivity contribution in [2.45, 2.75) is 37.5 Å². The summed E-state index contributed by atoms with van der Waals surface area (Å²) in [5, 5.41) is -0.242. The predicted molar refractivity (Wildman–Crippen MR) is 110 cm³/mol. The zero-order valence-electron chi connectivity index (χ0n) is 15.6. The normalized spacial score (nSPS) is 13.6. The molecule has 0 saturated carbocycles. The van der Waals surface area contributed by atoms with E-state index < -0.39 is 30.5 Å². The van der Waals surface area contributed by atoms with Gasteiger partial charge in [0.25, 0.3) is 0 Å². The van der Waals surface area contributed by atoms with E-state index in [0.717, 1.165) is 18.2 Å². The van der Waals surface area contributed by atoms with Crippen molar-refractivity contribution >= 4 is 46.7 Å². The highest BCUT2D eigenvalue weighted by molar-refractivity contribution is 6.48. The number of allylic oxidation sites excluding steroid dienone is 1. The molecule has 0 fully saturated rings. The molecule has 0 aliphatic carbocycles. The Balaban J connectivity index is 2.12. The number of hydrogen-bond donors (Lipinski definition) is 0. The second-order valence-corrected chi connectivity index (χ2v) is 7.94. The van der Waals surface area contributed by atoms with Crippen molar-refractivity contribution in [1.29, 1.82) is 0 Å². The number of halogens is 9. The van der Waals surface area contributed by atoms with Crippen molar-refractivity contribution in [3.8, 4) is 0 Å². The summed E-state index contributed by atoms with van der Waals surface area (Å²) in [6.07, 6.45) is -8.61. The molecule has 0 bridgehead atoms. The van der Waals surface area contributed by atoms with Crippen LogP contribution < -0.4 is 0 Å². The Morgan fingerprint density at radius 3 is 1.97 bits per heavy atom. The van der Waals surface area contributed by atoms with Gasteiger partial charge in [-0.3, -0.25) is 4.79 Å². The molecule has 2 rings (SSSR count). The first-order chi connectivity index (χ1) is 14.3. The van der Waals surface area contributed by atoms with Crippen molar-refractivity contribution in [3.63, 3.8) is 0 Å². The number of rotatable bonds is 7. The molecule has 0 aliphatic rings. The standard InChI is InChI=1S/C21H15Cl3F6O/c22-17-9-14(10-18(23)19(17)24)16(21(28,29)30)8-6-13-3-1-12(2-4-13)5-7-15(31)11-20(25,26)27/h1-4,6,8-10,16H,5,7,11H2/b8-6-. The highest BCUT2D eigenvalue weighted by Crippen LogP contribution is 2.41. The third-order valence-corrected chi connectivity index (χ3v) is 5.47. The molecule has 1 unspecified atom stereocenters. The van der Waals surface area contributed by atoms with Gasteiger partial charge in [0.2, 0.25) is 0 Å². The van der Waals surface area contributed by atoms with Crippen LogP contribution in [0.1, 0.15) is 35.4 Å². The fourth-order valence-electron chi connectivity index (χ4n) is 2.76. The van der Waals surface area contributed by atoms with Gasteiger partial charge in [0.1, 0.15) is 12.2 Å². The Morgan fingerprint density at radius 2 is 1.48 bits per heavy atom. The zero-order valence-corrected chi connectivity index (χ0v) is 17.9. The maximum atomic E-state index is 13.5. The van der Waals surface area contributed by atoms with E-state index in [1.807, 2.05) is 0 Å². The number of aryl methyl sites for hydroxylation is 1. The Kier molecular flexibility index (Phi) is 8.47. The SMILES string of the molecule is O=C(CCc1ccc(/C=C\C(c2cc(Cl)c(Cl)c(Cl)c2)C(F)(F)F)cc1)CC(F)(F)F. The molecule has 0 saturated heterocycles. The minimum atomic E-state index is -4.62. The summed E-state index contributed by atoms with van der Waals surface area (Å²) < 4.78 is 77.2. The summed E-state index contributed by atoms with van der Waals surface area (Å²) in [7, 11) is 0. The molecule has 0 radical (unpaired) electrons. The molecule has 10 heteroatoms. The average Bonchev–Trinajstić information content (AvgIpc) is 2.63. The number of carbonyl (C=O) groups is 1. The van der Waals surface area contributed by atoms with Gasteiger partial charge in [-0.25, -0.2) is 0 Å². The highest BCUT2D eigenvalue weighted by atomic mass is 35.5. The van der Waals surface area contributed by atoms with Gasteiger partial charge < -0.3 is 0 Å². The topological polar surface area (TPSA) is 17.1 Å². The number of hydrogen-bond acceptors (Lipinski definition) is 1. The van der Waals surface area contributed by atoms with E-state index >= 15 is 0 Å². The molecular formula is C21H15Cl3F6O. The predicted octanol–water partition coefficient (Wildman–Crippen LogP) is 8.46. The van der Waals surface area contributed by atoms with Gasteiger partial charge in [-0.2, -0.15) is 26.3 Å². The summed E-state index contributed by atoms with van der Waals surface area (Å²) >= 11 is 17.5. The summed E-state index contributed by atoms with van der Waals surface area (Å²) in [5.41, 5.74) is 0.852. The van der Waals surface area contributed by atoms with Crippen molar-refractivity contribution in [3.05, 3.63) is 74.2 Å². The number of alkyl halides is 6. The van der Waals surface area contributed by atoms with Crippen LogP contribution >= 0.6 is 34.8 Å². The minimum absolute atomic E-state index is 0.0405. The summed E-state index contributed by atoms with van der Waals surface area (Å²) in [6, 6.07) is 8.29. The first-order valence-electron chi connectivity index (χ1n) is 8.83. The Labute approximate surface area is 189 Å². The molecule has 1 atom stereocenters. The van der Waals surface area contributed by atoms with Gasteiger partial charge >= 0.3 is 12.4 Å². The molecule has 2 aromatic carbocycles. The second kappa shape index (κ2) is 10.3. The van der Waals surface area contributed by atoms with Gasteiger partial charge in [-0.15, -0.1) is 0 Å². The second-order valence-electron chi connectivity index (χ2n) is 6.75. The van der Waals surface area contributed by atoms with E-state index in [0.29, 0.717) is 11.1 Å². The third-order valence-electron chi connectivity index (χ3n) is 4.27. The van der Waals surface area contributed by atoms with E-state index in [-0.39, 0.29) is 33.5 Å². The maximum absolute atomic E-state index is 13.5. The molecule has 0 spiro atoms. The van der Waals surface area contributed by atoms with E-state index in [1.165, 1.54) is 18.2 Å². The molecule has 0 amide bonds. The highest BCUT2D eigenvalue weighted by Gasteiger charge is 2.39. The number of ketones is 1. The monoisotopic (exact) mass is 502 g/mol. The van der Waals surface area contributed by atoms with Gasteiger partial charge in [0.05, 0.1) is 21.0 Å². The number of benzene rings is 2. The van der Waals surface area contributed by atoms with Gasteiger partial charge in [-0.05, 0) is 35.2 Å². The molecule has 0 heterocycles. The molecule has 168 valence electrons. The Bertz CT molecular complexity index is 926. The van der Waals surface area contributed by atoms with Crippen molar-refractivity contribution < 1.29 is 31.1 Å². The lowest BCUT2D eigenvalue weighted by molar-refractivity contribution is -0.152. The van der Waals surface area contributed by atoms with Crippen LogP contribution in [0.3, 0.4) is 0 Å². The molecule has 2 aromatic rings. The van der Waals surface area contributed by atoms with Crippen LogP contribution in [0.25, 0.3) is 6.08 Å². The van der Waals surface area contributed by atoms with E-state index in [2.05, 4.69) is 0 Å². The average molecular weight is 504 g/mol. The zero-order chi connectivity index (χ0) is 23.4. The third kappa shape index (κ3) is 8.05. The molecule has 0 aromatic heterocycles. The molecule has 31 heavy (non-hydrogen) atoms. The van der Waals surface area contributed by atoms with Crippen LogP contribution in [-0.2, 0) is 11.2 Å². The Hall–Kier alpha value is -1.70. The van der Waals surface area contributed by atoms with Gasteiger partial charge in [0.15, 0.2) is 0 Å². The lowest BCUT2D eigenvalue weighted by Gasteiger charge is -2.18. The number of carbonyl (C=O) groups excluding carboxylic acids is 1. The molecule has 0 aliphatic heterocycles. The van der Waals surface area contributed by atoms with Crippen LogP contribution in [0.4, 0.5) is 26.3 Å². The molecular weight excluding hydrogens is 489 g/mol. The van der Waals surface area contributed by atoms with Crippen molar-refractivity contribution in [2.24, 2.45) is 0 Å². The lowest BCUT2D eigenvalue weighted by Crippen LogP contribution is -2.19. The van der Waals surface area contributed by atoms with Crippen LogP contribution in [0.2, 0.25) is 15.1 Å².